The second-order valence-corrected chi connectivity index (χ2v) is 6.24. The maximum Gasteiger partial charge on any atom is 0.289 e. The molecule has 1 amide bonds. The van der Waals surface area contributed by atoms with Gasteiger partial charge in [-0.3, -0.25) is 9.48 Å². The summed E-state index contributed by atoms with van der Waals surface area (Å²) in [6.45, 7) is 4.48. The van der Waals surface area contributed by atoms with Gasteiger partial charge in [0.25, 0.3) is 5.91 Å². The Balaban J connectivity index is 1.64. The van der Waals surface area contributed by atoms with Crippen LogP contribution in [0.3, 0.4) is 0 Å². The molecule has 0 unspecified atom stereocenters. The minimum absolute atomic E-state index is 0.162. The maximum atomic E-state index is 12.2. The Morgan fingerprint density at radius 1 is 1.32 bits per heavy atom. The topological polar surface area (TPSA) is 73.0 Å². The zero-order valence-corrected chi connectivity index (χ0v) is 15.1. The van der Waals surface area contributed by atoms with Gasteiger partial charge in [-0.15, -0.1) is 0 Å². The highest BCUT2D eigenvalue weighted by atomic mass is 35.5. The van der Waals surface area contributed by atoms with Gasteiger partial charge in [-0.25, -0.2) is 0 Å². The van der Waals surface area contributed by atoms with Gasteiger partial charge in [-0.05, 0) is 31.9 Å². The quantitative estimate of drug-likeness (QED) is 0.759. The molecule has 1 aromatic carbocycles. The number of hydrogen-bond acceptors (Lipinski definition) is 4. The van der Waals surface area contributed by atoms with E-state index in [2.05, 4.69) is 15.6 Å². The van der Waals surface area contributed by atoms with Crippen molar-refractivity contribution in [2.45, 2.75) is 20.3 Å². The van der Waals surface area contributed by atoms with Crippen molar-refractivity contribution < 1.29 is 9.32 Å². The van der Waals surface area contributed by atoms with E-state index >= 15 is 0 Å². The Morgan fingerprint density at radius 3 is 2.76 bits per heavy atom. The lowest BCUT2D eigenvalue weighted by atomic mass is 10.1. The van der Waals surface area contributed by atoms with E-state index < -0.39 is 0 Å². The molecule has 0 aliphatic carbocycles. The molecule has 25 heavy (non-hydrogen) atoms. The summed E-state index contributed by atoms with van der Waals surface area (Å²) in [5.41, 5.74) is 4.50. The fourth-order valence-corrected chi connectivity index (χ4v) is 2.98. The van der Waals surface area contributed by atoms with Crippen molar-refractivity contribution in [1.29, 1.82) is 0 Å². The lowest BCUT2D eigenvalue weighted by molar-refractivity contribution is 0.0917. The Morgan fingerprint density at radius 2 is 2.08 bits per heavy atom. The lowest BCUT2D eigenvalue weighted by Crippen LogP contribution is -2.25. The average molecular weight is 359 g/mol. The van der Waals surface area contributed by atoms with E-state index in [1.807, 2.05) is 43.8 Å². The Bertz CT molecular complexity index is 914. The van der Waals surface area contributed by atoms with Crippen LogP contribution in [0.5, 0.6) is 0 Å². The molecule has 7 heteroatoms. The van der Waals surface area contributed by atoms with Crippen molar-refractivity contribution in [3.8, 4) is 11.3 Å². The number of hydrogen-bond donors (Lipinski definition) is 1. The molecule has 0 saturated carbocycles. The number of nitrogens with zero attached hydrogens (tertiary/aromatic N) is 3. The number of halogens is 1. The first-order valence-electron chi connectivity index (χ1n) is 7.96. The predicted molar refractivity (Wildman–Crippen MR) is 95.7 cm³/mol. The molecular weight excluding hydrogens is 340 g/mol. The number of carbonyl (C=O) groups excluding carboxylic acids is 1. The van der Waals surface area contributed by atoms with Gasteiger partial charge in [0.05, 0.1) is 10.7 Å². The van der Waals surface area contributed by atoms with Crippen molar-refractivity contribution in [1.82, 2.24) is 20.3 Å². The van der Waals surface area contributed by atoms with Gasteiger partial charge < -0.3 is 9.84 Å². The third kappa shape index (κ3) is 3.58. The first-order chi connectivity index (χ1) is 12.0. The van der Waals surface area contributed by atoms with E-state index in [0.29, 0.717) is 23.7 Å². The van der Waals surface area contributed by atoms with Gasteiger partial charge in [0.2, 0.25) is 5.76 Å². The standard InChI is InChI=1S/C18H19ClN4O2/c1-11-13(12(2)23(3)21-11)8-9-20-18(24)17-10-16(22-25-17)14-6-4-5-7-15(14)19/h4-7,10H,8-9H2,1-3H3,(H,20,24). The van der Waals surface area contributed by atoms with E-state index in [0.717, 1.165) is 22.5 Å². The first kappa shape index (κ1) is 17.2. The molecule has 3 rings (SSSR count). The van der Waals surface area contributed by atoms with E-state index in [9.17, 15) is 4.79 Å². The van der Waals surface area contributed by atoms with Crippen LogP contribution in [0.15, 0.2) is 34.9 Å². The molecule has 0 bridgehead atoms. The SMILES string of the molecule is Cc1nn(C)c(C)c1CCNC(=O)c1cc(-c2ccccc2Cl)no1. The van der Waals surface area contributed by atoms with Crippen molar-refractivity contribution in [3.05, 3.63) is 58.1 Å². The number of carbonyl (C=O) groups is 1. The summed E-state index contributed by atoms with van der Waals surface area (Å²) in [7, 11) is 1.91. The molecule has 2 aromatic heterocycles. The summed E-state index contributed by atoms with van der Waals surface area (Å²) in [6, 6.07) is 8.88. The summed E-state index contributed by atoms with van der Waals surface area (Å²) in [5, 5.41) is 11.7. The van der Waals surface area contributed by atoms with E-state index in [-0.39, 0.29) is 11.7 Å². The van der Waals surface area contributed by atoms with Crippen molar-refractivity contribution in [3.63, 3.8) is 0 Å². The number of aryl methyl sites for hydroxylation is 2. The number of aromatic nitrogens is 3. The fraction of sp³-hybridized carbons (Fsp3) is 0.278. The van der Waals surface area contributed by atoms with Crippen molar-refractivity contribution in [2.75, 3.05) is 6.54 Å². The summed E-state index contributed by atoms with van der Waals surface area (Å²) in [4.78, 5) is 12.2. The lowest BCUT2D eigenvalue weighted by Gasteiger charge is -2.03. The summed E-state index contributed by atoms with van der Waals surface area (Å²) < 4.78 is 7.00. The van der Waals surface area contributed by atoms with Crippen molar-refractivity contribution in [2.24, 2.45) is 7.05 Å². The molecule has 6 nitrogen and oxygen atoms in total. The third-order valence-corrected chi connectivity index (χ3v) is 4.53. The highest BCUT2D eigenvalue weighted by molar-refractivity contribution is 6.33. The van der Waals surface area contributed by atoms with Gasteiger partial charge in [-0.2, -0.15) is 5.10 Å². The van der Waals surface area contributed by atoms with Gasteiger partial charge in [-0.1, -0.05) is 35.0 Å². The fourth-order valence-electron chi connectivity index (χ4n) is 2.75. The Kier molecular flexibility index (Phi) is 4.90. The van der Waals surface area contributed by atoms with E-state index in [1.165, 1.54) is 0 Å². The second-order valence-electron chi connectivity index (χ2n) is 5.84. The van der Waals surface area contributed by atoms with Crippen molar-refractivity contribution >= 4 is 17.5 Å². The molecule has 0 aliphatic rings. The summed E-state index contributed by atoms with van der Waals surface area (Å²) >= 11 is 6.14. The number of amides is 1. The van der Waals surface area contributed by atoms with E-state index in [4.69, 9.17) is 16.1 Å². The highest BCUT2D eigenvalue weighted by Gasteiger charge is 2.16. The molecule has 2 heterocycles. The maximum absolute atomic E-state index is 12.2. The summed E-state index contributed by atoms with van der Waals surface area (Å²) in [6.07, 6.45) is 0.711. The predicted octanol–water partition coefficient (Wildman–Crippen LogP) is 3.32. The second kappa shape index (κ2) is 7.11. The molecule has 3 aromatic rings. The number of nitrogens with one attached hydrogen (secondary N) is 1. The Hall–Kier alpha value is -2.60. The first-order valence-corrected chi connectivity index (χ1v) is 8.34. The monoisotopic (exact) mass is 358 g/mol. The van der Waals surface area contributed by atoms with Crippen LogP contribution in [0, 0.1) is 13.8 Å². The third-order valence-electron chi connectivity index (χ3n) is 4.20. The Labute approximate surface area is 150 Å². The molecule has 0 saturated heterocycles. The van der Waals surface area contributed by atoms with Gasteiger partial charge in [0.1, 0.15) is 5.69 Å². The number of rotatable bonds is 5. The minimum atomic E-state index is -0.301. The van der Waals surface area contributed by atoms with Gasteiger partial charge >= 0.3 is 0 Å². The zero-order valence-electron chi connectivity index (χ0n) is 14.3. The van der Waals surface area contributed by atoms with Crippen LogP contribution in [0.1, 0.15) is 27.5 Å². The largest absolute Gasteiger partial charge is 0.350 e. The van der Waals surface area contributed by atoms with Gasteiger partial charge in [0.15, 0.2) is 0 Å². The minimum Gasteiger partial charge on any atom is -0.350 e. The van der Waals surface area contributed by atoms with Crippen LogP contribution in [0.2, 0.25) is 5.02 Å². The molecule has 130 valence electrons. The molecule has 1 N–H and O–H groups in total. The molecule has 0 atom stereocenters. The zero-order chi connectivity index (χ0) is 18.0. The van der Waals surface area contributed by atoms with Crippen LogP contribution < -0.4 is 5.32 Å². The van der Waals surface area contributed by atoms with Crippen LogP contribution >= 0.6 is 11.6 Å². The smallest absolute Gasteiger partial charge is 0.289 e. The van der Waals surface area contributed by atoms with Crippen LogP contribution in [0.4, 0.5) is 0 Å². The van der Waals surface area contributed by atoms with Crippen LogP contribution in [-0.4, -0.2) is 27.4 Å². The molecule has 0 fully saturated rings. The number of benzene rings is 1. The van der Waals surface area contributed by atoms with Crippen LogP contribution in [0.25, 0.3) is 11.3 Å². The summed E-state index contributed by atoms with van der Waals surface area (Å²) in [5.74, 6) is -0.139. The average Bonchev–Trinajstić information content (AvgIpc) is 3.16. The van der Waals surface area contributed by atoms with Gasteiger partial charge in [0, 0.05) is 30.9 Å². The highest BCUT2D eigenvalue weighted by Crippen LogP contribution is 2.26. The molecule has 0 aliphatic heterocycles. The van der Waals surface area contributed by atoms with Crippen LogP contribution in [-0.2, 0) is 13.5 Å². The normalized spacial score (nSPS) is 10.9. The van der Waals surface area contributed by atoms with E-state index in [1.54, 1.807) is 12.1 Å². The molecule has 0 radical (unpaired) electrons. The molecular formula is C18H19ClN4O2. The molecule has 0 spiro atoms.